The topological polar surface area (TPSA) is 147 Å². The zero-order chi connectivity index (χ0) is 25.5. The van der Waals surface area contributed by atoms with Crippen molar-refractivity contribution in [2.24, 2.45) is 0 Å². The fourth-order valence-electron chi connectivity index (χ4n) is 2.15. The Bertz CT molecular complexity index is 1500. The third-order valence-electron chi connectivity index (χ3n) is 3.48. The second kappa shape index (κ2) is 7.90. The lowest BCUT2D eigenvalue weighted by Crippen LogP contribution is -2.33. The molecule has 29 heavy (non-hydrogen) atoms. The van der Waals surface area contributed by atoms with Crippen LogP contribution in [0.25, 0.3) is 5.69 Å². The minimum absolute atomic E-state index is 0.168. The number of rotatable bonds is 4. The first-order valence-electron chi connectivity index (χ1n) is 10.2. The molecule has 0 aliphatic rings. The van der Waals surface area contributed by atoms with Crippen LogP contribution in [0, 0.1) is 11.3 Å². The second-order valence-corrected chi connectivity index (χ2v) is 6.26. The van der Waals surface area contributed by atoms with Crippen LogP contribution < -0.4 is 21.5 Å². The Morgan fingerprint density at radius 1 is 1.31 bits per heavy atom. The van der Waals surface area contributed by atoms with Crippen LogP contribution in [0.1, 0.15) is 37.8 Å². The maximum Gasteiger partial charge on any atom is 0.349 e. The molecule has 0 amide bonds. The fraction of sp³-hybridized carbons (Fsp3) is 0.176. The Morgan fingerprint density at radius 2 is 2.00 bits per heavy atom. The molecular formula is C17H12Cl2N6O4. The Hall–Kier alpha value is -3.42. The van der Waals surface area contributed by atoms with Gasteiger partial charge in [0.15, 0.2) is 5.75 Å². The van der Waals surface area contributed by atoms with Gasteiger partial charge in [0.2, 0.25) is 11.6 Å². The fourth-order valence-corrected chi connectivity index (χ4v) is 2.64. The van der Waals surface area contributed by atoms with E-state index in [1.54, 1.807) is 0 Å². The van der Waals surface area contributed by atoms with Gasteiger partial charge in [-0.25, -0.2) is 9.89 Å². The summed E-state index contributed by atoms with van der Waals surface area (Å²) in [4.78, 5) is 37.6. The molecule has 0 radical (unpaired) electrons. The first kappa shape index (κ1) is 14.6. The van der Waals surface area contributed by atoms with Crippen molar-refractivity contribution >= 4 is 23.2 Å². The van der Waals surface area contributed by atoms with Crippen LogP contribution in [0.5, 0.6) is 11.6 Å². The van der Waals surface area contributed by atoms with Crippen LogP contribution in [0.3, 0.4) is 0 Å². The highest BCUT2D eigenvalue weighted by molar-refractivity contribution is 6.37. The van der Waals surface area contributed by atoms with Crippen LogP contribution in [-0.4, -0.2) is 25.0 Å². The summed E-state index contributed by atoms with van der Waals surface area (Å²) < 4.78 is 44.9. The van der Waals surface area contributed by atoms with Gasteiger partial charge < -0.3 is 4.74 Å². The Balaban J connectivity index is 2.17. The maximum absolute atomic E-state index is 12.2. The molecular weight excluding hydrogens is 423 g/mol. The Labute approximate surface area is 179 Å². The molecule has 12 heteroatoms. The van der Waals surface area contributed by atoms with Crippen molar-refractivity contribution in [1.29, 1.82) is 5.26 Å². The van der Waals surface area contributed by atoms with E-state index in [2.05, 4.69) is 15.3 Å². The number of halogens is 2. The summed E-state index contributed by atoms with van der Waals surface area (Å²) >= 11 is 12.4. The van der Waals surface area contributed by atoms with Crippen molar-refractivity contribution < 1.29 is 11.6 Å². The summed E-state index contributed by atoms with van der Waals surface area (Å²) in [5, 5.41) is 17.2. The van der Waals surface area contributed by atoms with E-state index < -0.39 is 68.8 Å². The van der Waals surface area contributed by atoms with E-state index in [0.29, 0.717) is 4.68 Å². The van der Waals surface area contributed by atoms with Crippen molar-refractivity contribution in [1.82, 2.24) is 25.0 Å². The van der Waals surface area contributed by atoms with Crippen LogP contribution >= 0.6 is 23.2 Å². The van der Waals surface area contributed by atoms with E-state index >= 15 is 0 Å². The standard InChI is InChI=1S/C17H12Cl2N6O4/c1-7(2)9-5-13(22-23-15(9)26)29-14-10(18)3-8(4-11(14)19)25-17(28)21-16(27)12(6-20)24-25/h3-5,7H,1-2H3,(H,23,26)(H,21,27,28)/i1D3,3D,4D. The molecule has 0 aliphatic heterocycles. The average molecular weight is 440 g/mol. The quantitative estimate of drug-likeness (QED) is 0.632. The number of nitriles is 1. The lowest BCUT2D eigenvalue weighted by molar-refractivity contribution is 0.452. The number of ether oxygens (including phenoxy) is 1. The van der Waals surface area contributed by atoms with Gasteiger partial charge in [0.1, 0.15) is 6.07 Å². The van der Waals surface area contributed by atoms with Gasteiger partial charge in [-0.2, -0.15) is 9.94 Å². The van der Waals surface area contributed by atoms with Gasteiger partial charge in [-0.1, -0.05) is 37.0 Å². The second-order valence-electron chi connectivity index (χ2n) is 5.50. The summed E-state index contributed by atoms with van der Waals surface area (Å²) in [7, 11) is 0. The lowest BCUT2D eigenvalue weighted by Gasteiger charge is -2.12. The monoisotopic (exact) mass is 439 g/mol. The average Bonchev–Trinajstić information content (AvgIpc) is 2.76. The van der Waals surface area contributed by atoms with Crippen molar-refractivity contribution in [3.8, 4) is 23.4 Å². The molecule has 2 heterocycles. The van der Waals surface area contributed by atoms with Crippen LogP contribution in [0.4, 0.5) is 0 Å². The minimum Gasteiger partial charge on any atom is -0.434 e. The van der Waals surface area contributed by atoms with Gasteiger partial charge in [-0.3, -0.25) is 14.6 Å². The van der Waals surface area contributed by atoms with Gasteiger partial charge in [-0.15, -0.1) is 10.2 Å². The molecule has 0 aliphatic carbocycles. The molecule has 2 aromatic heterocycles. The highest BCUT2D eigenvalue weighted by Crippen LogP contribution is 2.37. The molecule has 0 bridgehead atoms. The summed E-state index contributed by atoms with van der Waals surface area (Å²) in [5.74, 6) is -1.97. The molecule has 2 N–H and O–H groups in total. The van der Waals surface area contributed by atoms with Gasteiger partial charge in [0.05, 0.1) is 18.5 Å². The van der Waals surface area contributed by atoms with Gasteiger partial charge in [0, 0.05) is 15.7 Å². The highest BCUT2D eigenvalue weighted by Gasteiger charge is 2.16. The first-order chi connectivity index (χ1) is 15.8. The number of H-pyrrole nitrogens is 2. The van der Waals surface area contributed by atoms with Gasteiger partial charge in [0.25, 0.3) is 11.1 Å². The number of aromatic nitrogens is 5. The largest absolute Gasteiger partial charge is 0.434 e. The van der Waals surface area contributed by atoms with Crippen molar-refractivity contribution in [3.63, 3.8) is 0 Å². The summed E-state index contributed by atoms with van der Waals surface area (Å²) in [6, 6.07) is 1.18. The van der Waals surface area contributed by atoms with E-state index in [1.165, 1.54) is 13.0 Å². The number of nitrogens with zero attached hydrogens (tertiary/aromatic N) is 4. The van der Waals surface area contributed by atoms with E-state index in [4.69, 9.17) is 40.1 Å². The number of nitrogens with one attached hydrogen (secondary N) is 2. The molecule has 0 saturated heterocycles. The predicted octanol–water partition coefficient (Wildman–Crippen LogP) is 2.10. The molecule has 0 saturated carbocycles. The third-order valence-corrected chi connectivity index (χ3v) is 4.01. The zero-order valence-corrected chi connectivity index (χ0v) is 15.8. The SMILES string of the molecule is [2H]c1c(Cl)c(Oc2cc(C(C)C([2H])([2H])[2H])c(=O)[nH]n2)c(Cl)c([2H])c1-n1nc(C#N)c(=O)[nH]c1=O. The molecule has 3 aromatic rings. The molecule has 0 spiro atoms. The van der Waals surface area contributed by atoms with Crippen molar-refractivity contribution in [3.05, 3.63) is 70.6 Å². The molecule has 10 nitrogen and oxygen atoms in total. The smallest absolute Gasteiger partial charge is 0.349 e. The van der Waals surface area contributed by atoms with Crippen molar-refractivity contribution in [2.75, 3.05) is 0 Å². The zero-order valence-electron chi connectivity index (χ0n) is 19.3. The molecule has 3 rings (SSSR count). The van der Waals surface area contributed by atoms with Crippen LogP contribution in [0.15, 0.2) is 32.5 Å². The lowest BCUT2D eigenvalue weighted by atomic mass is 10.1. The molecule has 148 valence electrons. The number of hydrogen-bond donors (Lipinski definition) is 2. The van der Waals surface area contributed by atoms with Gasteiger partial charge in [-0.05, 0) is 18.0 Å². The number of aromatic amines is 2. The number of hydrogen-bond acceptors (Lipinski definition) is 7. The predicted molar refractivity (Wildman–Crippen MR) is 104 cm³/mol. The normalized spacial score (nSPS) is 14.6. The van der Waals surface area contributed by atoms with E-state index in [1.807, 2.05) is 4.98 Å². The van der Waals surface area contributed by atoms with Crippen LogP contribution in [-0.2, 0) is 0 Å². The molecule has 1 unspecified atom stereocenters. The summed E-state index contributed by atoms with van der Waals surface area (Å²) in [6.45, 7) is -1.19. The van der Waals surface area contributed by atoms with Gasteiger partial charge >= 0.3 is 5.69 Å². The Morgan fingerprint density at radius 3 is 2.62 bits per heavy atom. The summed E-state index contributed by atoms with van der Waals surface area (Å²) in [6.07, 6.45) is 0. The Kier molecular flexibility index (Phi) is 3.97. The van der Waals surface area contributed by atoms with E-state index in [9.17, 15) is 14.4 Å². The van der Waals surface area contributed by atoms with Crippen LogP contribution in [0.2, 0.25) is 10.0 Å². The van der Waals surface area contributed by atoms with E-state index in [0.717, 1.165) is 6.07 Å². The molecule has 0 fully saturated rings. The molecule has 1 aromatic carbocycles. The van der Waals surface area contributed by atoms with Crippen molar-refractivity contribution in [2.45, 2.75) is 19.7 Å². The molecule has 1 atom stereocenters. The third kappa shape index (κ3) is 4.06. The number of benzene rings is 1. The summed E-state index contributed by atoms with van der Waals surface area (Å²) in [5.41, 5.74) is -4.41. The first-order valence-corrected chi connectivity index (χ1v) is 8.43. The highest BCUT2D eigenvalue weighted by atomic mass is 35.5. The van der Waals surface area contributed by atoms with E-state index in [-0.39, 0.29) is 11.4 Å². The maximum atomic E-state index is 12.2. The minimum atomic E-state index is -2.50.